The van der Waals surface area contributed by atoms with Gasteiger partial charge in [0.2, 0.25) is 20.0 Å². The van der Waals surface area contributed by atoms with Crippen LogP contribution in [0.5, 0.6) is 0 Å². The standard InChI is InChI=1S/C24H25N3O5S2/c1-26(2)33(29,30)23-9-5-8-21(16-23)25-24(28)19-10-12-22(13-11-19)34(31,32)27-15-14-18-6-3-4-7-20(18)17-27/h3-13,16H,14-15,17H2,1-2H3,(H,25,28). The van der Waals surface area contributed by atoms with E-state index in [1.807, 2.05) is 24.3 Å². The van der Waals surface area contributed by atoms with Gasteiger partial charge in [0.15, 0.2) is 0 Å². The highest BCUT2D eigenvalue weighted by molar-refractivity contribution is 7.89. The fourth-order valence-electron chi connectivity index (χ4n) is 3.75. The van der Waals surface area contributed by atoms with Crippen LogP contribution < -0.4 is 5.32 Å². The molecule has 0 aliphatic carbocycles. The maximum absolute atomic E-state index is 13.1. The minimum Gasteiger partial charge on any atom is -0.322 e. The Kier molecular flexibility index (Phi) is 6.59. The summed E-state index contributed by atoms with van der Waals surface area (Å²) in [5.41, 5.74) is 2.72. The lowest BCUT2D eigenvalue weighted by Crippen LogP contribution is -2.35. The summed E-state index contributed by atoms with van der Waals surface area (Å²) in [6, 6.07) is 19.5. The van der Waals surface area contributed by atoms with Gasteiger partial charge in [-0.3, -0.25) is 4.79 Å². The molecule has 0 saturated carbocycles. The second-order valence-electron chi connectivity index (χ2n) is 8.15. The number of fused-ring (bicyclic) bond motifs is 1. The van der Waals surface area contributed by atoms with Crippen LogP contribution in [0.1, 0.15) is 21.5 Å². The Labute approximate surface area is 199 Å². The topological polar surface area (TPSA) is 104 Å². The number of benzene rings is 3. The van der Waals surface area contributed by atoms with Gasteiger partial charge in [-0.1, -0.05) is 30.3 Å². The molecule has 0 fully saturated rings. The molecule has 178 valence electrons. The Balaban J connectivity index is 1.49. The van der Waals surface area contributed by atoms with Gasteiger partial charge in [0, 0.05) is 38.4 Å². The van der Waals surface area contributed by atoms with Crippen molar-refractivity contribution in [3.63, 3.8) is 0 Å². The van der Waals surface area contributed by atoms with Gasteiger partial charge < -0.3 is 5.32 Å². The van der Waals surface area contributed by atoms with Crippen molar-refractivity contribution in [3.8, 4) is 0 Å². The van der Waals surface area contributed by atoms with Crippen LogP contribution in [0.2, 0.25) is 0 Å². The van der Waals surface area contributed by atoms with Crippen molar-refractivity contribution >= 4 is 31.6 Å². The van der Waals surface area contributed by atoms with E-state index in [0.717, 1.165) is 15.4 Å². The Bertz CT molecular complexity index is 1430. The predicted molar refractivity (Wildman–Crippen MR) is 129 cm³/mol. The fourth-order valence-corrected chi connectivity index (χ4v) is 6.12. The van der Waals surface area contributed by atoms with Gasteiger partial charge in [-0.15, -0.1) is 0 Å². The summed E-state index contributed by atoms with van der Waals surface area (Å²) < 4.78 is 53.4. The Hall–Kier alpha value is -3.05. The van der Waals surface area contributed by atoms with Gasteiger partial charge in [0.25, 0.3) is 5.91 Å². The molecular formula is C24H25N3O5S2. The molecule has 0 aromatic heterocycles. The van der Waals surface area contributed by atoms with Gasteiger partial charge in [0.05, 0.1) is 9.79 Å². The van der Waals surface area contributed by atoms with E-state index < -0.39 is 26.0 Å². The largest absolute Gasteiger partial charge is 0.322 e. The first kappa shape index (κ1) is 24.1. The van der Waals surface area contributed by atoms with Crippen molar-refractivity contribution in [3.05, 3.63) is 89.5 Å². The summed E-state index contributed by atoms with van der Waals surface area (Å²) in [6.45, 7) is 0.709. The first-order chi connectivity index (χ1) is 16.1. The zero-order chi connectivity index (χ0) is 24.5. The van der Waals surface area contributed by atoms with Crippen LogP contribution in [0, 0.1) is 0 Å². The number of nitrogens with one attached hydrogen (secondary N) is 1. The van der Waals surface area contributed by atoms with Gasteiger partial charge in [-0.25, -0.2) is 21.1 Å². The molecule has 0 radical (unpaired) electrons. The van der Waals surface area contributed by atoms with Crippen LogP contribution >= 0.6 is 0 Å². The van der Waals surface area contributed by atoms with Crippen molar-refractivity contribution in [2.45, 2.75) is 22.8 Å². The number of carbonyl (C=O) groups is 1. The normalized spacial score (nSPS) is 14.6. The summed E-state index contributed by atoms with van der Waals surface area (Å²) in [6.07, 6.45) is 0.651. The second kappa shape index (κ2) is 9.30. The van der Waals surface area contributed by atoms with E-state index in [-0.39, 0.29) is 15.4 Å². The third-order valence-corrected chi connectivity index (χ3v) is 9.39. The molecule has 1 aliphatic heterocycles. The summed E-state index contributed by atoms with van der Waals surface area (Å²) in [5, 5.41) is 2.66. The van der Waals surface area contributed by atoms with Gasteiger partial charge in [-0.2, -0.15) is 4.31 Å². The Morgan fingerprint density at radius 3 is 2.21 bits per heavy atom. The van der Waals surface area contributed by atoms with Crippen LogP contribution in [-0.4, -0.2) is 52.0 Å². The average Bonchev–Trinajstić information content (AvgIpc) is 2.83. The molecule has 1 N–H and O–H groups in total. The highest BCUT2D eigenvalue weighted by Crippen LogP contribution is 2.25. The fraction of sp³-hybridized carbons (Fsp3) is 0.208. The number of sulfonamides is 2. The van der Waals surface area contributed by atoms with Crippen LogP contribution in [0.3, 0.4) is 0 Å². The van der Waals surface area contributed by atoms with Crippen LogP contribution in [0.25, 0.3) is 0 Å². The average molecular weight is 500 g/mol. The third-order valence-electron chi connectivity index (χ3n) is 5.72. The third kappa shape index (κ3) is 4.76. The van der Waals surface area contributed by atoms with Crippen molar-refractivity contribution < 1.29 is 21.6 Å². The van der Waals surface area contributed by atoms with Crippen LogP contribution in [-0.2, 0) is 33.0 Å². The molecule has 0 atom stereocenters. The van der Waals surface area contributed by atoms with Crippen LogP contribution in [0.4, 0.5) is 5.69 Å². The lowest BCUT2D eigenvalue weighted by Gasteiger charge is -2.28. The number of anilines is 1. The molecular weight excluding hydrogens is 474 g/mol. The molecule has 0 bridgehead atoms. The predicted octanol–water partition coefficient (Wildman–Crippen LogP) is 2.94. The molecule has 10 heteroatoms. The first-order valence-corrected chi connectivity index (χ1v) is 13.5. The van der Waals surface area contributed by atoms with E-state index in [1.54, 1.807) is 12.1 Å². The maximum atomic E-state index is 13.1. The van der Waals surface area contributed by atoms with Gasteiger partial charge in [0.1, 0.15) is 0 Å². The van der Waals surface area contributed by atoms with Crippen molar-refractivity contribution in [2.24, 2.45) is 0 Å². The second-order valence-corrected chi connectivity index (χ2v) is 12.2. The minimum atomic E-state index is -3.71. The first-order valence-electron chi connectivity index (χ1n) is 10.6. The maximum Gasteiger partial charge on any atom is 0.255 e. The van der Waals surface area contributed by atoms with Crippen molar-refractivity contribution in [2.75, 3.05) is 26.0 Å². The monoisotopic (exact) mass is 499 g/mol. The molecule has 0 spiro atoms. The lowest BCUT2D eigenvalue weighted by molar-refractivity contribution is 0.102. The number of hydrogen-bond acceptors (Lipinski definition) is 5. The minimum absolute atomic E-state index is 0.0554. The van der Waals surface area contributed by atoms with Gasteiger partial charge in [-0.05, 0) is 60.0 Å². The molecule has 0 saturated heterocycles. The highest BCUT2D eigenvalue weighted by Gasteiger charge is 2.28. The number of hydrogen-bond donors (Lipinski definition) is 1. The summed E-state index contributed by atoms with van der Waals surface area (Å²) in [4.78, 5) is 12.8. The molecule has 8 nitrogen and oxygen atoms in total. The summed E-state index contributed by atoms with van der Waals surface area (Å²) in [5.74, 6) is -0.477. The lowest BCUT2D eigenvalue weighted by atomic mass is 10.0. The molecule has 1 aliphatic rings. The molecule has 34 heavy (non-hydrogen) atoms. The summed E-state index contributed by atoms with van der Waals surface area (Å²) in [7, 11) is -4.49. The van der Waals surface area contributed by atoms with E-state index in [0.29, 0.717) is 25.2 Å². The molecule has 3 aromatic carbocycles. The summed E-state index contributed by atoms with van der Waals surface area (Å²) >= 11 is 0. The van der Waals surface area contributed by atoms with Crippen molar-refractivity contribution in [1.82, 2.24) is 8.61 Å². The van der Waals surface area contributed by atoms with E-state index in [1.165, 1.54) is 54.8 Å². The molecule has 4 rings (SSSR count). The molecule has 1 amide bonds. The number of rotatable bonds is 6. The molecule has 3 aromatic rings. The molecule has 1 heterocycles. The highest BCUT2D eigenvalue weighted by atomic mass is 32.2. The number of carbonyl (C=O) groups excluding carboxylic acids is 1. The molecule has 0 unspecified atom stereocenters. The number of amides is 1. The van der Waals surface area contributed by atoms with E-state index in [4.69, 9.17) is 0 Å². The van der Waals surface area contributed by atoms with E-state index >= 15 is 0 Å². The zero-order valence-corrected chi connectivity index (χ0v) is 20.4. The SMILES string of the molecule is CN(C)S(=O)(=O)c1cccc(NC(=O)c2ccc(S(=O)(=O)N3CCc4ccccc4C3)cc2)c1. The zero-order valence-electron chi connectivity index (χ0n) is 18.8. The van der Waals surface area contributed by atoms with E-state index in [9.17, 15) is 21.6 Å². The Morgan fingerprint density at radius 2 is 1.53 bits per heavy atom. The van der Waals surface area contributed by atoms with Crippen molar-refractivity contribution in [1.29, 1.82) is 0 Å². The Morgan fingerprint density at radius 1 is 0.853 bits per heavy atom. The van der Waals surface area contributed by atoms with Crippen LogP contribution in [0.15, 0.2) is 82.6 Å². The quantitative estimate of drug-likeness (QED) is 0.562. The van der Waals surface area contributed by atoms with E-state index in [2.05, 4.69) is 5.32 Å². The smallest absolute Gasteiger partial charge is 0.255 e. The van der Waals surface area contributed by atoms with Gasteiger partial charge >= 0.3 is 0 Å². The number of nitrogens with zero attached hydrogens (tertiary/aromatic N) is 2.